The molecule has 0 nitrogen and oxygen atoms in total. The van der Waals surface area contributed by atoms with Crippen molar-refractivity contribution in [2.45, 2.75) is 32.1 Å². The first-order valence-electron chi connectivity index (χ1n) is 6.56. The van der Waals surface area contributed by atoms with Gasteiger partial charge in [0.1, 0.15) is 0 Å². The van der Waals surface area contributed by atoms with Crippen LogP contribution in [0, 0.1) is 11.3 Å². The van der Waals surface area contributed by atoms with E-state index in [2.05, 4.69) is 72.1 Å². The van der Waals surface area contributed by atoms with Gasteiger partial charge in [-0.3, -0.25) is 0 Å². The molecular weight excluding hydrogens is 420 g/mol. The van der Waals surface area contributed by atoms with Gasteiger partial charge in [-0.25, -0.2) is 0 Å². The molecule has 0 bridgehead atoms. The molecule has 0 atom stereocenters. The summed E-state index contributed by atoms with van der Waals surface area (Å²) in [6.07, 6.45) is 6.76. The van der Waals surface area contributed by atoms with Crippen molar-refractivity contribution in [2.24, 2.45) is 11.3 Å². The number of hydrogen-bond donors (Lipinski definition) is 0. The minimum atomic E-state index is 0.372. The molecule has 1 aromatic rings. The van der Waals surface area contributed by atoms with Gasteiger partial charge >= 0.3 is 0 Å². The Labute approximate surface area is 135 Å². The number of benzene rings is 1. The van der Waals surface area contributed by atoms with E-state index >= 15 is 0 Å². The van der Waals surface area contributed by atoms with Crippen LogP contribution in [0.2, 0.25) is 0 Å². The third kappa shape index (κ3) is 3.40. The molecule has 0 saturated heterocycles. The van der Waals surface area contributed by atoms with E-state index in [1.807, 2.05) is 0 Å². The Bertz CT molecular complexity index is 379. The van der Waals surface area contributed by atoms with Crippen LogP contribution in [0.25, 0.3) is 0 Å². The maximum atomic E-state index is 3.78. The summed E-state index contributed by atoms with van der Waals surface area (Å²) in [7, 11) is 0. The lowest BCUT2D eigenvalue weighted by molar-refractivity contribution is 0.233. The van der Waals surface area contributed by atoms with Crippen LogP contribution >= 0.6 is 47.8 Å². The Balaban J connectivity index is 2.19. The fourth-order valence-electron chi connectivity index (χ4n) is 3.08. The molecule has 1 aliphatic rings. The van der Waals surface area contributed by atoms with Gasteiger partial charge in [-0.15, -0.1) is 0 Å². The maximum Gasteiger partial charge on any atom is 0.0177 e. The molecule has 2 rings (SSSR count). The van der Waals surface area contributed by atoms with Crippen molar-refractivity contribution in [3.8, 4) is 0 Å². The number of halogens is 3. The van der Waals surface area contributed by atoms with Crippen LogP contribution in [0.3, 0.4) is 0 Å². The number of hydrogen-bond acceptors (Lipinski definition) is 0. The third-order valence-corrected chi connectivity index (χ3v) is 6.93. The van der Waals surface area contributed by atoms with Crippen molar-refractivity contribution in [3.05, 3.63) is 34.3 Å². The van der Waals surface area contributed by atoms with Crippen LogP contribution in [-0.4, -0.2) is 10.7 Å². The van der Waals surface area contributed by atoms with Gasteiger partial charge in [0.25, 0.3) is 0 Å². The van der Waals surface area contributed by atoms with E-state index in [0.717, 1.165) is 23.0 Å². The van der Waals surface area contributed by atoms with E-state index < -0.39 is 0 Å². The molecule has 0 heterocycles. The summed E-state index contributed by atoms with van der Waals surface area (Å²) in [5.74, 6) is 0.857. The fraction of sp³-hybridized carbons (Fsp3) is 0.600. The molecule has 1 aliphatic carbocycles. The monoisotopic (exact) mass is 436 g/mol. The Morgan fingerprint density at radius 3 is 2.33 bits per heavy atom. The van der Waals surface area contributed by atoms with Crippen molar-refractivity contribution < 1.29 is 0 Å². The summed E-state index contributed by atoms with van der Waals surface area (Å²) < 4.78 is 1.18. The molecule has 0 N–H and O–H groups in total. The second-order valence-electron chi connectivity index (χ2n) is 5.42. The summed E-state index contributed by atoms with van der Waals surface area (Å²) in [4.78, 5) is 0. The molecule has 1 fully saturated rings. The SMILES string of the molecule is BrCC(CBr)(Cc1cccc(Br)c1)C1CCCC1. The molecule has 3 heteroatoms. The lowest BCUT2D eigenvalue weighted by Gasteiger charge is -2.36. The van der Waals surface area contributed by atoms with E-state index in [-0.39, 0.29) is 0 Å². The zero-order valence-corrected chi connectivity index (χ0v) is 15.2. The van der Waals surface area contributed by atoms with Gasteiger partial charge < -0.3 is 0 Å². The standard InChI is InChI=1S/C15H19Br3/c16-10-15(11-17,13-5-1-2-6-13)9-12-4-3-7-14(18)8-12/h3-4,7-8,13H,1-2,5-6,9-11H2. The van der Waals surface area contributed by atoms with E-state index in [9.17, 15) is 0 Å². The van der Waals surface area contributed by atoms with Gasteiger partial charge in [0.2, 0.25) is 0 Å². The van der Waals surface area contributed by atoms with Gasteiger partial charge in [-0.2, -0.15) is 0 Å². The molecule has 0 radical (unpaired) electrons. The van der Waals surface area contributed by atoms with Crippen LogP contribution in [0.1, 0.15) is 31.2 Å². The van der Waals surface area contributed by atoms with E-state index in [1.165, 1.54) is 35.7 Å². The summed E-state index contributed by atoms with van der Waals surface area (Å²) in [6, 6.07) is 8.75. The Kier molecular flexibility index (Phi) is 5.77. The van der Waals surface area contributed by atoms with Gasteiger partial charge in [0.15, 0.2) is 0 Å². The third-order valence-electron chi connectivity index (χ3n) is 4.20. The van der Waals surface area contributed by atoms with Crippen LogP contribution in [-0.2, 0) is 6.42 Å². The lowest BCUT2D eigenvalue weighted by Crippen LogP contribution is -2.35. The highest BCUT2D eigenvalue weighted by Gasteiger charge is 2.38. The van der Waals surface area contributed by atoms with Crippen LogP contribution in [0.5, 0.6) is 0 Å². The second-order valence-corrected chi connectivity index (χ2v) is 7.45. The molecule has 0 aliphatic heterocycles. The largest absolute Gasteiger partial charge is 0.0921 e. The van der Waals surface area contributed by atoms with Crippen LogP contribution in [0.4, 0.5) is 0 Å². The first kappa shape index (κ1) is 15.1. The zero-order chi connectivity index (χ0) is 13.0. The second kappa shape index (κ2) is 6.90. The molecule has 1 saturated carbocycles. The van der Waals surface area contributed by atoms with Crippen molar-refractivity contribution in [2.75, 3.05) is 10.7 Å². The summed E-state index contributed by atoms with van der Waals surface area (Å²) >= 11 is 11.1. The van der Waals surface area contributed by atoms with Crippen molar-refractivity contribution in [1.82, 2.24) is 0 Å². The molecule has 0 amide bonds. The minimum absolute atomic E-state index is 0.372. The van der Waals surface area contributed by atoms with Crippen molar-refractivity contribution >= 4 is 47.8 Å². The molecular formula is C15H19Br3. The highest BCUT2D eigenvalue weighted by atomic mass is 79.9. The zero-order valence-electron chi connectivity index (χ0n) is 10.5. The summed E-state index contributed by atoms with van der Waals surface area (Å²) in [5.41, 5.74) is 1.81. The average Bonchev–Trinajstić information content (AvgIpc) is 2.90. The average molecular weight is 439 g/mol. The minimum Gasteiger partial charge on any atom is -0.0921 e. The molecule has 0 aromatic heterocycles. The van der Waals surface area contributed by atoms with E-state index in [4.69, 9.17) is 0 Å². The Hall–Kier alpha value is 0.660. The van der Waals surface area contributed by atoms with Gasteiger partial charge in [0.05, 0.1) is 0 Å². The molecule has 100 valence electrons. The predicted molar refractivity (Wildman–Crippen MR) is 89.8 cm³/mol. The van der Waals surface area contributed by atoms with Gasteiger partial charge in [0, 0.05) is 15.1 Å². The highest BCUT2D eigenvalue weighted by Crippen LogP contribution is 2.44. The Morgan fingerprint density at radius 2 is 1.78 bits per heavy atom. The smallest absolute Gasteiger partial charge is 0.0177 e. The Morgan fingerprint density at radius 1 is 1.11 bits per heavy atom. The van der Waals surface area contributed by atoms with Crippen LogP contribution in [0.15, 0.2) is 28.7 Å². The van der Waals surface area contributed by atoms with Crippen molar-refractivity contribution in [1.29, 1.82) is 0 Å². The highest BCUT2D eigenvalue weighted by molar-refractivity contribution is 9.10. The van der Waals surface area contributed by atoms with Crippen LogP contribution < -0.4 is 0 Å². The van der Waals surface area contributed by atoms with Crippen molar-refractivity contribution in [3.63, 3.8) is 0 Å². The molecule has 18 heavy (non-hydrogen) atoms. The maximum absolute atomic E-state index is 3.78. The number of alkyl halides is 2. The van der Waals surface area contributed by atoms with E-state index in [0.29, 0.717) is 5.41 Å². The topological polar surface area (TPSA) is 0 Å². The molecule has 0 unspecified atom stereocenters. The summed E-state index contributed by atoms with van der Waals surface area (Å²) in [6.45, 7) is 0. The normalized spacial score (nSPS) is 17.3. The molecule has 1 aromatic carbocycles. The van der Waals surface area contributed by atoms with Gasteiger partial charge in [-0.1, -0.05) is 72.8 Å². The lowest BCUT2D eigenvalue weighted by atomic mass is 9.73. The molecule has 0 spiro atoms. The first-order valence-corrected chi connectivity index (χ1v) is 9.60. The first-order chi connectivity index (χ1) is 8.70. The predicted octanol–water partition coefficient (Wildman–Crippen LogP) is 5.96. The quantitative estimate of drug-likeness (QED) is 0.497. The number of rotatable bonds is 5. The fourth-order valence-corrected chi connectivity index (χ4v) is 5.77. The van der Waals surface area contributed by atoms with E-state index in [1.54, 1.807) is 0 Å². The summed E-state index contributed by atoms with van der Waals surface area (Å²) in [5, 5.41) is 2.17. The van der Waals surface area contributed by atoms with Gasteiger partial charge in [-0.05, 0) is 48.3 Å².